The van der Waals surface area contributed by atoms with Gasteiger partial charge >= 0.3 is 0 Å². The van der Waals surface area contributed by atoms with Crippen molar-refractivity contribution in [1.82, 2.24) is 0 Å². The fraction of sp³-hybridized carbons (Fsp3) is 0.625. The molecule has 0 heterocycles. The molecule has 2 rings (SSSR count). The number of hydrogen-bond acceptors (Lipinski definition) is 1. The van der Waals surface area contributed by atoms with Gasteiger partial charge in [-0.05, 0) is 71.6 Å². The lowest BCUT2D eigenvalue weighted by Gasteiger charge is -2.35. The number of halogens is 3. The zero-order chi connectivity index (χ0) is 14.7. The Morgan fingerprint density at radius 3 is 2.65 bits per heavy atom. The van der Waals surface area contributed by atoms with Crippen molar-refractivity contribution < 1.29 is 8.78 Å². The lowest BCUT2D eigenvalue weighted by Crippen LogP contribution is -2.32. The molecule has 1 fully saturated rings. The third-order valence-electron chi connectivity index (χ3n) is 4.73. The molecule has 1 aliphatic carbocycles. The van der Waals surface area contributed by atoms with Crippen molar-refractivity contribution in [2.75, 3.05) is 6.54 Å². The predicted molar refractivity (Wildman–Crippen MR) is 81.4 cm³/mol. The van der Waals surface area contributed by atoms with E-state index in [0.717, 1.165) is 19.3 Å². The Hall–Kier alpha value is -0.480. The van der Waals surface area contributed by atoms with E-state index in [1.54, 1.807) is 0 Å². The van der Waals surface area contributed by atoms with Crippen LogP contribution >= 0.6 is 15.9 Å². The van der Waals surface area contributed by atoms with E-state index in [1.807, 2.05) is 0 Å². The number of hydrogen-bond donors (Lipinski definition) is 1. The molecule has 2 N–H and O–H groups in total. The molecule has 0 spiro atoms. The molecule has 1 nitrogen and oxygen atoms in total. The fourth-order valence-electron chi connectivity index (χ4n) is 3.37. The van der Waals surface area contributed by atoms with Crippen molar-refractivity contribution in [3.63, 3.8) is 0 Å². The van der Waals surface area contributed by atoms with E-state index in [0.29, 0.717) is 29.3 Å². The van der Waals surface area contributed by atoms with Gasteiger partial charge in [0, 0.05) is 5.56 Å². The molecule has 0 saturated heterocycles. The Labute approximate surface area is 128 Å². The van der Waals surface area contributed by atoms with Gasteiger partial charge in [0.15, 0.2) is 0 Å². The summed E-state index contributed by atoms with van der Waals surface area (Å²) in [6.45, 7) is 2.79. The van der Waals surface area contributed by atoms with Gasteiger partial charge in [0.2, 0.25) is 0 Å². The van der Waals surface area contributed by atoms with E-state index >= 15 is 0 Å². The summed E-state index contributed by atoms with van der Waals surface area (Å²) in [7, 11) is 0. The van der Waals surface area contributed by atoms with E-state index in [9.17, 15) is 8.78 Å². The number of benzene rings is 1. The molecule has 1 aliphatic rings. The van der Waals surface area contributed by atoms with E-state index < -0.39 is 11.6 Å². The standard InChI is InChI=1S/C16H22BrF2N/c1-2-10-3-4-11(9-20)12(7-10)8-13-15(18)6-5-14(17)16(13)19/h5-6,10-12H,2-4,7-9,20H2,1H3. The minimum Gasteiger partial charge on any atom is -0.330 e. The maximum absolute atomic E-state index is 14.1. The minimum atomic E-state index is -0.459. The maximum atomic E-state index is 14.1. The quantitative estimate of drug-likeness (QED) is 0.788. The first-order valence-electron chi connectivity index (χ1n) is 7.39. The highest BCUT2D eigenvalue weighted by molar-refractivity contribution is 9.10. The summed E-state index contributed by atoms with van der Waals surface area (Å²) >= 11 is 3.14. The minimum absolute atomic E-state index is 0.208. The molecule has 3 unspecified atom stereocenters. The van der Waals surface area contributed by atoms with E-state index in [-0.39, 0.29) is 11.5 Å². The topological polar surface area (TPSA) is 26.0 Å². The molecule has 112 valence electrons. The molecular weight excluding hydrogens is 324 g/mol. The summed E-state index contributed by atoms with van der Waals surface area (Å²) in [5.41, 5.74) is 6.05. The SMILES string of the molecule is CCC1CCC(CN)C(Cc2c(F)ccc(Br)c2F)C1. The summed E-state index contributed by atoms with van der Waals surface area (Å²) in [6.07, 6.45) is 4.89. The van der Waals surface area contributed by atoms with E-state index in [1.165, 1.54) is 18.6 Å². The highest BCUT2D eigenvalue weighted by Crippen LogP contribution is 2.38. The molecule has 0 bridgehead atoms. The first-order valence-corrected chi connectivity index (χ1v) is 8.18. The number of rotatable bonds is 4. The van der Waals surface area contributed by atoms with Crippen molar-refractivity contribution in [2.45, 2.75) is 39.0 Å². The van der Waals surface area contributed by atoms with Crippen LogP contribution in [0.2, 0.25) is 0 Å². The average molecular weight is 346 g/mol. The monoisotopic (exact) mass is 345 g/mol. The lowest BCUT2D eigenvalue weighted by atomic mass is 9.71. The van der Waals surface area contributed by atoms with Crippen LogP contribution in [0, 0.1) is 29.4 Å². The van der Waals surface area contributed by atoms with Crippen LogP contribution in [0.4, 0.5) is 8.78 Å². The fourth-order valence-corrected chi connectivity index (χ4v) is 3.74. The van der Waals surface area contributed by atoms with Gasteiger partial charge in [0.25, 0.3) is 0 Å². The molecule has 0 amide bonds. The molecule has 0 aliphatic heterocycles. The third kappa shape index (κ3) is 3.40. The zero-order valence-corrected chi connectivity index (χ0v) is 13.4. The highest BCUT2D eigenvalue weighted by Gasteiger charge is 2.30. The summed E-state index contributed by atoms with van der Waals surface area (Å²) < 4.78 is 28.3. The molecule has 1 aromatic rings. The summed E-state index contributed by atoms with van der Waals surface area (Å²) in [5.74, 6) is 0.438. The highest BCUT2D eigenvalue weighted by atomic mass is 79.9. The van der Waals surface area contributed by atoms with Crippen LogP contribution in [0.25, 0.3) is 0 Å². The second-order valence-electron chi connectivity index (χ2n) is 5.87. The Bertz CT molecular complexity index is 464. The van der Waals surface area contributed by atoms with E-state index in [4.69, 9.17) is 5.73 Å². The van der Waals surface area contributed by atoms with Crippen molar-refractivity contribution in [2.24, 2.45) is 23.5 Å². The van der Waals surface area contributed by atoms with Crippen LogP contribution in [0.5, 0.6) is 0 Å². The predicted octanol–water partition coefficient (Wildman–Crippen LogP) is 4.67. The molecule has 3 atom stereocenters. The second kappa shape index (κ2) is 6.99. The van der Waals surface area contributed by atoms with Gasteiger partial charge in [-0.3, -0.25) is 0 Å². The first-order chi connectivity index (χ1) is 9.56. The largest absolute Gasteiger partial charge is 0.330 e. The van der Waals surface area contributed by atoms with Crippen LogP contribution in [-0.2, 0) is 6.42 Å². The lowest BCUT2D eigenvalue weighted by molar-refractivity contribution is 0.177. The van der Waals surface area contributed by atoms with Crippen molar-refractivity contribution >= 4 is 15.9 Å². The van der Waals surface area contributed by atoms with Crippen LogP contribution in [-0.4, -0.2) is 6.54 Å². The van der Waals surface area contributed by atoms with Crippen LogP contribution < -0.4 is 5.73 Å². The van der Waals surface area contributed by atoms with Gasteiger partial charge in [0.05, 0.1) is 4.47 Å². The van der Waals surface area contributed by atoms with Crippen LogP contribution in [0.15, 0.2) is 16.6 Å². The summed E-state index contributed by atoms with van der Waals surface area (Å²) in [4.78, 5) is 0. The van der Waals surface area contributed by atoms with Gasteiger partial charge in [-0.15, -0.1) is 0 Å². The Morgan fingerprint density at radius 1 is 1.25 bits per heavy atom. The Morgan fingerprint density at radius 2 is 2.00 bits per heavy atom. The number of nitrogens with two attached hydrogens (primary N) is 1. The van der Waals surface area contributed by atoms with E-state index in [2.05, 4.69) is 22.9 Å². The smallest absolute Gasteiger partial charge is 0.143 e. The van der Waals surface area contributed by atoms with Gasteiger partial charge in [-0.1, -0.05) is 19.8 Å². The molecule has 4 heteroatoms. The first kappa shape index (κ1) is 15.9. The zero-order valence-electron chi connectivity index (χ0n) is 11.8. The van der Waals surface area contributed by atoms with Crippen molar-refractivity contribution in [3.05, 3.63) is 33.8 Å². The molecule has 1 saturated carbocycles. The molecule has 0 aromatic heterocycles. The third-order valence-corrected chi connectivity index (χ3v) is 5.35. The maximum Gasteiger partial charge on any atom is 0.143 e. The molecule has 0 radical (unpaired) electrons. The molecule has 20 heavy (non-hydrogen) atoms. The second-order valence-corrected chi connectivity index (χ2v) is 6.72. The molecule has 1 aromatic carbocycles. The summed E-state index contributed by atoms with van der Waals surface area (Å²) in [6, 6.07) is 2.75. The van der Waals surface area contributed by atoms with Crippen molar-refractivity contribution in [1.29, 1.82) is 0 Å². The van der Waals surface area contributed by atoms with Crippen LogP contribution in [0.3, 0.4) is 0 Å². The van der Waals surface area contributed by atoms with Gasteiger partial charge in [0.1, 0.15) is 11.6 Å². The summed E-state index contributed by atoms with van der Waals surface area (Å²) in [5, 5.41) is 0. The van der Waals surface area contributed by atoms with Crippen LogP contribution in [0.1, 0.15) is 38.2 Å². The normalized spacial score (nSPS) is 26.8. The van der Waals surface area contributed by atoms with Gasteiger partial charge in [-0.2, -0.15) is 0 Å². The van der Waals surface area contributed by atoms with Crippen molar-refractivity contribution in [3.8, 4) is 0 Å². The van der Waals surface area contributed by atoms with Gasteiger partial charge < -0.3 is 5.73 Å². The Balaban J connectivity index is 2.20. The Kier molecular flexibility index (Phi) is 5.56. The van der Waals surface area contributed by atoms with Gasteiger partial charge in [-0.25, -0.2) is 8.78 Å². The average Bonchev–Trinajstić information content (AvgIpc) is 2.47. The molecular formula is C16H22BrF2N.